The summed E-state index contributed by atoms with van der Waals surface area (Å²) in [5, 5.41) is 13.4. The highest BCUT2D eigenvalue weighted by Gasteiger charge is 2.54. The van der Waals surface area contributed by atoms with Crippen LogP contribution >= 0.6 is 30.9 Å². The third-order valence-corrected chi connectivity index (χ3v) is 7.68. The van der Waals surface area contributed by atoms with Gasteiger partial charge in [0.25, 0.3) is 0 Å². The molecule has 15 heteroatoms. The SMILES string of the molecule is CC(C)OC(=O)[C@@H](C)N[P@](=O)(OC[C@H]1O[C@@H](n2cc(Cl)c(N)nc2=O)[C@](C)(Cl)[C@@H]1O)Oc1ccccc1. The van der Waals surface area contributed by atoms with E-state index in [2.05, 4.69) is 10.1 Å². The summed E-state index contributed by atoms with van der Waals surface area (Å²) >= 11 is 12.6. The van der Waals surface area contributed by atoms with Gasteiger partial charge in [-0.25, -0.2) is 9.36 Å². The smallest absolute Gasteiger partial charge is 0.459 e. The van der Waals surface area contributed by atoms with E-state index in [-0.39, 0.29) is 16.6 Å². The zero-order valence-electron chi connectivity index (χ0n) is 20.5. The molecule has 0 bridgehead atoms. The quantitative estimate of drug-likeness (QED) is 0.215. The number of carbonyl (C=O) groups is 1. The Morgan fingerprint density at radius 2 is 2.00 bits per heavy atom. The first kappa shape index (κ1) is 29.4. The number of anilines is 1. The molecule has 12 nitrogen and oxygen atoms in total. The number of para-hydroxylation sites is 1. The Labute approximate surface area is 223 Å². The summed E-state index contributed by atoms with van der Waals surface area (Å²) in [6, 6.07) is 7.08. The van der Waals surface area contributed by atoms with Gasteiger partial charge in [-0.15, -0.1) is 11.6 Å². The number of carbonyl (C=O) groups excluding carboxylic acids is 1. The highest BCUT2D eigenvalue weighted by molar-refractivity contribution is 7.52. The predicted octanol–water partition coefficient (Wildman–Crippen LogP) is 2.87. The molecule has 1 aromatic carbocycles. The number of rotatable bonds is 10. The molecule has 1 saturated heterocycles. The number of ether oxygens (including phenoxy) is 2. The van der Waals surface area contributed by atoms with Crippen LogP contribution in [0.3, 0.4) is 0 Å². The zero-order valence-corrected chi connectivity index (χ0v) is 22.9. The first-order chi connectivity index (χ1) is 17.2. The minimum absolute atomic E-state index is 0.0166. The van der Waals surface area contributed by atoms with E-state index >= 15 is 0 Å². The van der Waals surface area contributed by atoms with Crippen LogP contribution in [-0.2, 0) is 23.4 Å². The molecule has 0 radical (unpaired) electrons. The van der Waals surface area contributed by atoms with Crippen molar-refractivity contribution in [2.24, 2.45) is 0 Å². The van der Waals surface area contributed by atoms with Gasteiger partial charge in [-0.2, -0.15) is 10.1 Å². The van der Waals surface area contributed by atoms with Crippen LogP contribution in [0.15, 0.2) is 41.3 Å². The third-order valence-electron chi connectivity index (χ3n) is 5.34. The third kappa shape index (κ3) is 7.02. The number of nitrogens with zero attached hydrogens (tertiary/aromatic N) is 2. The van der Waals surface area contributed by atoms with Gasteiger partial charge >= 0.3 is 19.4 Å². The normalized spacial score (nSPS) is 26.0. The molecular weight excluding hydrogens is 550 g/mol. The maximum atomic E-state index is 13.7. The molecule has 0 amide bonds. The van der Waals surface area contributed by atoms with E-state index in [1.165, 1.54) is 20.0 Å². The summed E-state index contributed by atoms with van der Waals surface area (Å²) < 4.78 is 36.8. The van der Waals surface area contributed by atoms with Gasteiger partial charge in [0.1, 0.15) is 34.7 Å². The minimum atomic E-state index is -4.23. The van der Waals surface area contributed by atoms with Crippen LogP contribution in [0.1, 0.15) is 33.9 Å². The standard InChI is InChI=1S/C22H29Cl2N4O8P/c1-12(2)34-19(30)13(3)27-37(32,36-14-8-6-5-7-9-14)33-11-16-17(29)22(4,24)20(35-16)28-10-15(23)18(25)26-21(28)31/h5-10,12-13,16-17,20,29H,11H2,1-4H3,(H,27,32)(H2,25,26,31)/t13-,16-,17-,20-,22-,37+/m1/s1. The highest BCUT2D eigenvalue weighted by atomic mass is 35.5. The number of nitrogens with two attached hydrogens (primary N) is 1. The van der Waals surface area contributed by atoms with Crippen LogP contribution in [0.5, 0.6) is 5.75 Å². The van der Waals surface area contributed by atoms with Crippen molar-refractivity contribution in [2.75, 3.05) is 12.3 Å². The average Bonchev–Trinajstić information content (AvgIpc) is 3.03. The first-order valence-electron chi connectivity index (χ1n) is 11.3. The van der Waals surface area contributed by atoms with Crippen molar-refractivity contribution < 1.29 is 33.0 Å². The second-order valence-electron chi connectivity index (χ2n) is 8.82. The van der Waals surface area contributed by atoms with E-state index in [9.17, 15) is 19.3 Å². The lowest BCUT2D eigenvalue weighted by Crippen LogP contribution is -2.42. The van der Waals surface area contributed by atoms with Gasteiger partial charge in [-0.3, -0.25) is 13.9 Å². The Balaban J connectivity index is 1.81. The number of aliphatic hydroxyl groups excluding tert-OH is 1. The largest absolute Gasteiger partial charge is 0.462 e. The van der Waals surface area contributed by atoms with Gasteiger partial charge in [0.05, 0.1) is 17.7 Å². The number of benzene rings is 1. The molecule has 4 N–H and O–H groups in total. The summed E-state index contributed by atoms with van der Waals surface area (Å²) in [6.45, 7) is 5.74. The Morgan fingerprint density at radius 1 is 1.35 bits per heavy atom. The summed E-state index contributed by atoms with van der Waals surface area (Å²) in [6.07, 6.45) is -2.98. The van der Waals surface area contributed by atoms with Crippen LogP contribution in [0.2, 0.25) is 5.02 Å². The average molecular weight is 579 g/mol. The molecule has 1 aliphatic heterocycles. The van der Waals surface area contributed by atoms with Crippen LogP contribution in [-0.4, -0.2) is 56.5 Å². The first-order valence-corrected chi connectivity index (χ1v) is 13.6. The van der Waals surface area contributed by atoms with Crippen LogP contribution in [0.25, 0.3) is 0 Å². The Bertz CT molecular complexity index is 1210. The Morgan fingerprint density at radius 3 is 2.62 bits per heavy atom. The van der Waals surface area contributed by atoms with E-state index in [4.69, 9.17) is 47.5 Å². The number of esters is 1. The maximum Gasteiger partial charge on any atom is 0.459 e. The summed E-state index contributed by atoms with van der Waals surface area (Å²) in [5.41, 5.74) is 4.77. The van der Waals surface area contributed by atoms with Gasteiger partial charge in [0.2, 0.25) is 0 Å². The molecule has 204 valence electrons. The van der Waals surface area contributed by atoms with Gasteiger partial charge in [0, 0.05) is 6.20 Å². The van der Waals surface area contributed by atoms with Crippen molar-refractivity contribution in [3.63, 3.8) is 0 Å². The molecule has 2 aromatic rings. The summed E-state index contributed by atoms with van der Waals surface area (Å²) in [7, 11) is -4.23. The van der Waals surface area contributed by atoms with E-state index < -0.39 is 61.5 Å². The van der Waals surface area contributed by atoms with Crippen molar-refractivity contribution in [3.05, 3.63) is 52.0 Å². The monoisotopic (exact) mass is 578 g/mol. The van der Waals surface area contributed by atoms with Gasteiger partial charge in [-0.1, -0.05) is 29.8 Å². The van der Waals surface area contributed by atoms with Crippen LogP contribution < -0.4 is 21.0 Å². The number of nitrogens with one attached hydrogen (secondary N) is 1. The second kappa shape index (κ2) is 11.7. The molecule has 0 unspecified atom stereocenters. The number of aliphatic hydroxyl groups is 1. The Kier molecular flexibility index (Phi) is 9.28. The molecule has 1 fully saturated rings. The van der Waals surface area contributed by atoms with Crippen molar-refractivity contribution in [2.45, 2.75) is 63.2 Å². The predicted molar refractivity (Wildman–Crippen MR) is 137 cm³/mol. The fourth-order valence-corrected chi connectivity index (χ4v) is 5.43. The fourth-order valence-electron chi connectivity index (χ4n) is 3.48. The minimum Gasteiger partial charge on any atom is -0.462 e. The molecular formula is C22H29Cl2N4O8P. The van der Waals surface area contributed by atoms with Crippen molar-refractivity contribution in [1.29, 1.82) is 0 Å². The number of nitrogen functional groups attached to an aromatic ring is 1. The lowest BCUT2D eigenvalue weighted by atomic mass is 10.0. The molecule has 1 aliphatic rings. The van der Waals surface area contributed by atoms with E-state index in [1.54, 1.807) is 44.2 Å². The maximum absolute atomic E-state index is 13.7. The Hall–Kier alpha value is -2.18. The van der Waals surface area contributed by atoms with Crippen LogP contribution in [0, 0.1) is 0 Å². The second-order valence-corrected chi connectivity index (χ2v) is 11.7. The lowest BCUT2D eigenvalue weighted by molar-refractivity contribution is -0.149. The topological polar surface area (TPSA) is 164 Å². The number of alkyl halides is 1. The number of aromatic nitrogens is 2. The van der Waals surface area contributed by atoms with Gasteiger partial charge in [-0.05, 0) is 39.8 Å². The molecule has 2 heterocycles. The molecule has 0 aliphatic carbocycles. The fraction of sp³-hybridized carbons (Fsp3) is 0.500. The van der Waals surface area contributed by atoms with E-state index in [0.29, 0.717) is 0 Å². The van der Waals surface area contributed by atoms with E-state index in [1.807, 2.05) is 0 Å². The van der Waals surface area contributed by atoms with Crippen LogP contribution in [0.4, 0.5) is 5.82 Å². The number of halogens is 2. The number of hydrogen-bond acceptors (Lipinski definition) is 10. The van der Waals surface area contributed by atoms with Gasteiger partial charge < -0.3 is 24.8 Å². The molecule has 6 atom stereocenters. The zero-order chi connectivity index (χ0) is 27.5. The molecule has 3 rings (SSSR count). The van der Waals surface area contributed by atoms with Crippen molar-refractivity contribution >= 4 is 42.7 Å². The molecule has 0 spiro atoms. The van der Waals surface area contributed by atoms with Crippen molar-refractivity contribution in [1.82, 2.24) is 14.6 Å². The molecule has 37 heavy (non-hydrogen) atoms. The van der Waals surface area contributed by atoms with Gasteiger partial charge in [0.15, 0.2) is 6.23 Å². The molecule has 0 saturated carbocycles. The van der Waals surface area contributed by atoms with E-state index in [0.717, 1.165) is 4.57 Å². The molecule has 1 aromatic heterocycles. The lowest BCUT2D eigenvalue weighted by Gasteiger charge is -2.26. The highest BCUT2D eigenvalue weighted by Crippen LogP contribution is 2.48. The van der Waals surface area contributed by atoms with Crippen molar-refractivity contribution in [3.8, 4) is 5.75 Å². The number of hydrogen-bond donors (Lipinski definition) is 3. The summed E-state index contributed by atoms with van der Waals surface area (Å²) in [4.78, 5) is 26.8. The summed E-state index contributed by atoms with van der Waals surface area (Å²) in [5.74, 6) is -0.647.